The van der Waals surface area contributed by atoms with Crippen LogP contribution in [0.5, 0.6) is 0 Å². The maximum Gasteiger partial charge on any atom is 0.328 e. The summed E-state index contributed by atoms with van der Waals surface area (Å²) in [6, 6.07) is -0.289. The van der Waals surface area contributed by atoms with Gasteiger partial charge in [0.05, 0.1) is 7.11 Å². The van der Waals surface area contributed by atoms with Gasteiger partial charge in [-0.1, -0.05) is 0 Å². The van der Waals surface area contributed by atoms with E-state index in [-0.39, 0.29) is 17.4 Å². The number of carbonyl (C=O) groups excluding carboxylic acids is 1. The van der Waals surface area contributed by atoms with Crippen LogP contribution < -0.4 is 10.6 Å². The van der Waals surface area contributed by atoms with E-state index in [4.69, 9.17) is 17.0 Å². The van der Waals surface area contributed by atoms with Gasteiger partial charge in [-0.05, 0) is 75.4 Å². The standard InChI is InChI=1S/C16H26N2O2S/c1-3-17-15(21)18-13(14(19)20-2)16-7-10-4-11(8-16)6-12(5-10)9-16/h10-13H,3-9H2,1-2H3,(H2,17,18,21)/t10?,11?,12?,13-,16?/m1/s1. The van der Waals surface area contributed by atoms with Crippen molar-refractivity contribution in [3.05, 3.63) is 0 Å². The van der Waals surface area contributed by atoms with Crippen LogP contribution >= 0.6 is 12.2 Å². The Morgan fingerprint density at radius 3 is 2.19 bits per heavy atom. The molecule has 4 fully saturated rings. The number of rotatable bonds is 4. The van der Waals surface area contributed by atoms with E-state index in [1.807, 2.05) is 6.92 Å². The molecule has 0 amide bonds. The first-order chi connectivity index (χ1) is 10.1. The van der Waals surface area contributed by atoms with Gasteiger partial charge in [0.1, 0.15) is 6.04 Å². The number of hydrogen-bond donors (Lipinski definition) is 2. The summed E-state index contributed by atoms with van der Waals surface area (Å²) in [7, 11) is 1.48. The number of ether oxygens (including phenoxy) is 1. The molecule has 4 nitrogen and oxygen atoms in total. The largest absolute Gasteiger partial charge is 0.467 e. The van der Waals surface area contributed by atoms with Crippen molar-refractivity contribution in [3.8, 4) is 0 Å². The molecule has 0 heterocycles. The van der Waals surface area contributed by atoms with Gasteiger partial charge in [0.15, 0.2) is 5.11 Å². The van der Waals surface area contributed by atoms with E-state index in [0.717, 1.165) is 43.6 Å². The topological polar surface area (TPSA) is 50.4 Å². The molecule has 4 bridgehead atoms. The van der Waals surface area contributed by atoms with Gasteiger partial charge in [-0.3, -0.25) is 0 Å². The second kappa shape index (κ2) is 5.75. The average Bonchev–Trinajstić information content (AvgIpc) is 2.42. The molecule has 0 aromatic carbocycles. The van der Waals surface area contributed by atoms with Crippen LogP contribution in [0.4, 0.5) is 0 Å². The highest BCUT2D eigenvalue weighted by molar-refractivity contribution is 7.80. The first-order valence-corrected chi connectivity index (χ1v) is 8.59. The van der Waals surface area contributed by atoms with Crippen molar-refractivity contribution in [1.29, 1.82) is 0 Å². The number of carbonyl (C=O) groups is 1. The highest BCUT2D eigenvalue weighted by atomic mass is 32.1. The monoisotopic (exact) mass is 310 g/mol. The summed E-state index contributed by atoms with van der Waals surface area (Å²) in [4.78, 5) is 12.4. The number of nitrogens with one attached hydrogen (secondary N) is 2. The molecule has 4 rings (SSSR count). The molecule has 0 unspecified atom stereocenters. The summed E-state index contributed by atoms with van der Waals surface area (Å²) < 4.78 is 5.09. The first kappa shape index (κ1) is 15.1. The molecule has 4 aliphatic rings. The Hall–Kier alpha value is -0.840. The van der Waals surface area contributed by atoms with Gasteiger partial charge in [0, 0.05) is 12.0 Å². The molecular weight excluding hydrogens is 284 g/mol. The van der Waals surface area contributed by atoms with Crippen molar-refractivity contribution in [2.24, 2.45) is 23.2 Å². The molecule has 4 saturated carbocycles. The Bertz CT molecular complexity index is 403. The molecule has 0 saturated heterocycles. The van der Waals surface area contributed by atoms with Crippen LogP contribution in [0.1, 0.15) is 45.4 Å². The summed E-state index contributed by atoms with van der Waals surface area (Å²) in [5.74, 6) is 2.26. The molecule has 0 aliphatic heterocycles. The quantitative estimate of drug-likeness (QED) is 0.616. The molecule has 21 heavy (non-hydrogen) atoms. The van der Waals surface area contributed by atoms with Gasteiger partial charge >= 0.3 is 5.97 Å². The SMILES string of the molecule is CCNC(=S)N[C@H](C(=O)OC)C12CC3CC(CC(C3)C1)C2. The van der Waals surface area contributed by atoms with E-state index in [0.29, 0.717) is 5.11 Å². The van der Waals surface area contributed by atoms with Gasteiger partial charge in [-0.15, -0.1) is 0 Å². The fourth-order valence-electron chi connectivity index (χ4n) is 5.45. The summed E-state index contributed by atoms with van der Waals surface area (Å²) in [6.45, 7) is 2.77. The summed E-state index contributed by atoms with van der Waals surface area (Å²) in [5, 5.41) is 6.94. The van der Waals surface area contributed by atoms with Crippen LogP contribution in [-0.4, -0.2) is 30.8 Å². The molecule has 118 valence electrons. The fraction of sp³-hybridized carbons (Fsp3) is 0.875. The molecule has 0 aromatic heterocycles. The van der Waals surface area contributed by atoms with E-state index in [9.17, 15) is 4.79 Å². The zero-order chi connectivity index (χ0) is 15.0. The third-order valence-electron chi connectivity index (χ3n) is 5.75. The Balaban J connectivity index is 1.82. The van der Waals surface area contributed by atoms with E-state index >= 15 is 0 Å². The molecular formula is C16H26N2O2S. The van der Waals surface area contributed by atoms with Crippen molar-refractivity contribution in [3.63, 3.8) is 0 Å². The second-order valence-electron chi connectivity index (χ2n) is 7.24. The molecule has 1 atom stereocenters. The van der Waals surface area contributed by atoms with Crippen LogP contribution in [0.3, 0.4) is 0 Å². The van der Waals surface area contributed by atoms with Gasteiger partial charge in [0.25, 0.3) is 0 Å². The van der Waals surface area contributed by atoms with Gasteiger partial charge in [0.2, 0.25) is 0 Å². The molecule has 0 radical (unpaired) electrons. The van der Waals surface area contributed by atoms with Crippen LogP contribution in [0.2, 0.25) is 0 Å². The minimum Gasteiger partial charge on any atom is -0.467 e. The van der Waals surface area contributed by atoms with E-state index in [1.54, 1.807) is 0 Å². The van der Waals surface area contributed by atoms with Crippen LogP contribution in [0.25, 0.3) is 0 Å². The number of thiocarbonyl (C=S) groups is 1. The average molecular weight is 310 g/mol. The number of methoxy groups -OCH3 is 1. The Morgan fingerprint density at radius 1 is 1.24 bits per heavy atom. The molecule has 0 aromatic rings. The van der Waals surface area contributed by atoms with Crippen molar-refractivity contribution >= 4 is 23.3 Å². The number of hydrogen-bond acceptors (Lipinski definition) is 3. The fourth-order valence-corrected chi connectivity index (χ4v) is 5.72. The summed E-state index contributed by atoms with van der Waals surface area (Å²) >= 11 is 5.32. The number of esters is 1. The van der Waals surface area contributed by atoms with E-state index in [2.05, 4.69) is 10.6 Å². The third-order valence-corrected chi connectivity index (χ3v) is 6.01. The van der Waals surface area contributed by atoms with Gasteiger partial charge < -0.3 is 15.4 Å². The molecule has 4 aliphatic carbocycles. The Morgan fingerprint density at radius 2 is 1.76 bits per heavy atom. The highest BCUT2D eigenvalue weighted by Gasteiger charge is 2.56. The summed E-state index contributed by atoms with van der Waals surface area (Å²) in [6.07, 6.45) is 7.56. The van der Waals surface area contributed by atoms with Crippen molar-refractivity contribution in [1.82, 2.24) is 10.6 Å². The normalized spacial score (nSPS) is 37.9. The van der Waals surface area contributed by atoms with Crippen LogP contribution in [-0.2, 0) is 9.53 Å². The maximum absolute atomic E-state index is 12.4. The highest BCUT2D eigenvalue weighted by Crippen LogP contribution is 2.61. The van der Waals surface area contributed by atoms with Crippen LogP contribution in [0.15, 0.2) is 0 Å². The zero-order valence-electron chi connectivity index (χ0n) is 13.0. The third kappa shape index (κ3) is 2.77. The molecule has 2 N–H and O–H groups in total. The first-order valence-electron chi connectivity index (χ1n) is 8.18. The predicted molar refractivity (Wildman–Crippen MR) is 85.8 cm³/mol. The van der Waals surface area contributed by atoms with Crippen molar-refractivity contribution < 1.29 is 9.53 Å². The van der Waals surface area contributed by atoms with Gasteiger partial charge in [-0.25, -0.2) is 4.79 Å². The Labute approximate surface area is 132 Å². The predicted octanol–water partition coefficient (Wildman–Crippen LogP) is 2.23. The molecule has 5 heteroatoms. The second-order valence-corrected chi connectivity index (χ2v) is 7.65. The van der Waals surface area contributed by atoms with Crippen molar-refractivity contribution in [2.75, 3.05) is 13.7 Å². The maximum atomic E-state index is 12.4. The smallest absolute Gasteiger partial charge is 0.328 e. The van der Waals surface area contributed by atoms with Gasteiger partial charge in [-0.2, -0.15) is 0 Å². The zero-order valence-corrected chi connectivity index (χ0v) is 13.8. The summed E-state index contributed by atoms with van der Waals surface area (Å²) in [5.41, 5.74) is 0.0569. The molecule has 0 spiro atoms. The van der Waals surface area contributed by atoms with E-state index in [1.165, 1.54) is 26.4 Å². The van der Waals surface area contributed by atoms with E-state index < -0.39 is 0 Å². The lowest BCUT2D eigenvalue weighted by molar-refractivity contribution is -0.154. The lowest BCUT2D eigenvalue weighted by Crippen LogP contribution is -2.61. The minimum atomic E-state index is -0.289. The lowest BCUT2D eigenvalue weighted by atomic mass is 9.47. The van der Waals surface area contributed by atoms with Crippen LogP contribution in [0, 0.1) is 23.2 Å². The lowest BCUT2D eigenvalue weighted by Gasteiger charge is -2.58. The Kier molecular flexibility index (Phi) is 4.12. The minimum absolute atomic E-state index is 0.0569. The van der Waals surface area contributed by atoms with Crippen molar-refractivity contribution in [2.45, 2.75) is 51.5 Å².